The van der Waals surface area contributed by atoms with E-state index in [4.69, 9.17) is 24.1 Å². The number of carbonyl (C=O) groups excluding carboxylic acids is 1. The van der Waals surface area contributed by atoms with Gasteiger partial charge in [-0.25, -0.2) is 0 Å². The Hall–Kier alpha value is -6.53. The fraction of sp³-hybridized carbons (Fsp3) is 0.212. The summed E-state index contributed by atoms with van der Waals surface area (Å²) in [6.07, 6.45) is 24.5. The lowest BCUT2D eigenvalue weighted by atomic mass is 10.0. The maximum Gasteiger partial charge on any atom is 0.193 e. The minimum atomic E-state index is -0.0967. The zero-order valence-electron chi connectivity index (χ0n) is 35.1. The molecule has 0 aliphatic rings. The molecular weight excluding hydrogens is 721 g/mol. The number of hydrogen-bond acceptors (Lipinski definition) is 6. The first kappa shape index (κ1) is 45.9. The van der Waals surface area contributed by atoms with Crippen molar-refractivity contribution in [1.29, 1.82) is 0 Å². The predicted octanol–water partition coefficient (Wildman–Crippen LogP) is 14.4. The molecule has 0 aliphatic heterocycles. The van der Waals surface area contributed by atoms with Gasteiger partial charge in [0.25, 0.3) is 0 Å². The van der Waals surface area contributed by atoms with Crippen molar-refractivity contribution in [3.05, 3.63) is 221 Å². The first-order valence-electron chi connectivity index (χ1n) is 19.7. The second kappa shape index (κ2) is 24.9. The molecule has 3 rings (SSSR count). The van der Waals surface area contributed by atoms with E-state index in [0.717, 1.165) is 51.8 Å². The summed E-state index contributed by atoms with van der Waals surface area (Å²) >= 11 is 0. The molecule has 302 valence electrons. The third-order valence-electron chi connectivity index (χ3n) is 8.79. The molecule has 0 amide bonds. The molecule has 0 fully saturated rings. The Bertz CT molecular complexity index is 2110. The Morgan fingerprint density at radius 2 is 1.17 bits per heavy atom. The molecule has 3 aromatic rings. The highest BCUT2D eigenvalue weighted by Gasteiger charge is 2.11. The Labute approximate surface area is 346 Å². The van der Waals surface area contributed by atoms with Crippen molar-refractivity contribution in [2.45, 2.75) is 74.1 Å². The van der Waals surface area contributed by atoms with E-state index in [9.17, 15) is 4.79 Å². The zero-order chi connectivity index (χ0) is 42.3. The van der Waals surface area contributed by atoms with Crippen LogP contribution in [0.25, 0.3) is 0 Å². The fourth-order valence-electron chi connectivity index (χ4n) is 5.31. The number of rotatable bonds is 22. The summed E-state index contributed by atoms with van der Waals surface area (Å²) in [7, 11) is 0. The molecule has 0 heterocycles. The van der Waals surface area contributed by atoms with Crippen molar-refractivity contribution in [2.24, 2.45) is 0 Å². The number of allylic oxidation sites excluding steroid dienone is 18. The third-order valence-corrected chi connectivity index (χ3v) is 8.79. The number of carbonyl (C=O) groups is 1. The molecule has 0 aromatic heterocycles. The molecular formula is C52H58O6. The second-order valence-electron chi connectivity index (χ2n) is 13.2. The van der Waals surface area contributed by atoms with Gasteiger partial charge in [-0.3, -0.25) is 4.79 Å². The molecule has 0 saturated heterocycles. The van der Waals surface area contributed by atoms with Gasteiger partial charge in [0, 0.05) is 30.4 Å². The van der Waals surface area contributed by atoms with Gasteiger partial charge in [0.05, 0.1) is 12.0 Å². The van der Waals surface area contributed by atoms with E-state index in [1.165, 1.54) is 5.56 Å². The van der Waals surface area contributed by atoms with Gasteiger partial charge in [-0.15, -0.1) is 0 Å². The van der Waals surface area contributed by atoms with Crippen molar-refractivity contribution in [3.8, 4) is 17.2 Å². The summed E-state index contributed by atoms with van der Waals surface area (Å²) in [5.41, 5.74) is 5.23. The van der Waals surface area contributed by atoms with Gasteiger partial charge in [-0.1, -0.05) is 82.0 Å². The molecule has 3 aromatic carbocycles. The van der Waals surface area contributed by atoms with Gasteiger partial charge in [-0.2, -0.15) is 0 Å². The lowest BCUT2D eigenvalue weighted by Crippen LogP contribution is -2.02. The van der Waals surface area contributed by atoms with E-state index in [-0.39, 0.29) is 5.78 Å². The minimum Gasteiger partial charge on any atom is -0.516 e. The average Bonchev–Trinajstić information content (AvgIpc) is 3.24. The van der Waals surface area contributed by atoms with Crippen molar-refractivity contribution in [2.75, 3.05) is 0 Å². The van der Waals surface area contributed by atoms with Crippen LogP contribution in [0, 0.1) is 6.92 Å². The van der Waals surface area contributed by atoms with Crippen LogP contribution in [-0.4, -0.2) is 10.9 Å². The zero-order valence-corrected chi connectivity index (χ0v) is 35.1. The number of aliphatic hydroxyl groups excluding tert-OH is 1. The topological polar surface area (TPSA) is 74.2 Å². The number of hydrogen-bond donors (Lipinski definition) is 1. The van der Waals surface area contributed by atoms with Gasteiger partial charge < -0.3 is 24.1 Å². The SMILES string of the molecule is C=CC(=C\C/C=C(\C)Oc1ccc(C)cc1)/C(C)=C/C=C(\CC)Oc1ccc(C(=O)c2ccc(O/C(=C/C=C(\CC)OC(=C)\C=C/C(/C=C/O)=C\C)CC)cc2)cc1. The van der Waals surface area contributed by atoms with E-state index in [0.29, 0.717) is 54.1 Å². The monoisotopic (exact) mass is 778 g/mol. The molecule has 0 atom stereocenters. The van der Waals surface area contributed by atoms with E-state index >= 15 is 0 Å². The standard InChI is InChI=1S/C52H58O6/c1-10-42(36-37-53)22-21-41(9)55-46(12-3)34-35-48(14-5)58-51-32-25-45(26-33-51)52(54)44-23-30-50(31-24-44)57-47(13-4)29-20-39(7)43(11-2)17-15-16-40(8)56-49-27-18-38(6)19-28-49/h10-11,16-37,53H,2,9,12-15H2,1,3-8H3/b22-21-,37-36+,39-20+,40-16+,42-10+,43-17+,46-34+,47-29+,48-35+. The van der Waals surface area contributed by atoms with Gasteiger partial charge in [0.15, 0.2) is 5.78 Å². The molecule has 0 bridgehead atoms. The molecule has 0 aliphatic carbocycles. The van der Waals surface area contributed by atoms with Crippen LogP contribution in [0.2, 0.25) is 0 Å². The Balaban J connectivity index is 1.60. The van der Waals surface area contributed by atoms with Crippen molar-refractivity contribution in [1.82, 2.24) is 0 Å². The van der Waals surface area contributed by atoms with E-state index in [2.05, 4.69) is 26.2 Å². The first-order chi connectivity index (χ1) is 28.0. The van der Waals surface area contributed by atoms with Gasteiger partial charge in [0.1, 0.15) is 40.3 Å². The number of aryl methyl sites for hydroxylation is 1. The van der Waals surface area contributed by atoms with Crippen LogP contribution in [0.1, 0.15) is 88.7 Å². The number of benzene rings is 3. The first-order valence-corrected chi connectivity index (χ1v) is 19.7. The normalized spacial score (nSPS) is 13.5. The summed E-state index contributed by atoms with van der Waals surface area (Å²) in [5.74, 6) is 5.57. The second-order valence-corrected chi connectivity index (χ2v) is 13.2. The van der Waals surface area contributed by atoms with Gasteiger partial charge in [-0.05, 0) is 148 Å². The van der Waals surface area contributed by atoms with Crippen molar-refractivity contribution < 1.29 is 28.8 Å². The average molecular weight is 779 g/mol. The van der Waals surface area contributed by atoms with Gasteiger partial charge in [0.2, 0.25) is 0 Å². The molecule has 1 N–H and O–H groups in total. The lowest BCUT2D eigenvalue weighted by molar-refractivity contribution is 0.103. The highest BCUT2D eigenvalue weighted by Crippen LogP contribution is 2.23. The van der Waals surface area contributed by atoms with Crippen LogP contribution in [-0.2, 0) is 4.74 Å². The summed E-state index contributed by atoms with van der Waals surface area (Å²) < 4.78 is 24.1. The quantitative estimate of drug-likeness (QED) is 0.0622. The maximum absolute atomic E-state index is 13.3. The summed E-state index contributed by atoms with van der Waals surface area (Å²) in [6, 6.07) is 22.3. The lowest BCUT2D eigenvalue weighted by Gasteiger charge is -2.11. The van der Waals surface area contributed by atoms with E-state index in [1.807, 2.05) is 127 Å². The van der Waals surface area contributed by atoms with Crippen LogP contribution in [0.5, 0.6) is 17.2 Å². The number of ether oxygens (including phenoxy) is 4. The van der Waals surface area contributed by atoms with Crippen LogP contribution < -0.4 is 14.2 Å². The molecule has 0 saturated carbocycles. The van der Waals surface area contributed by atoms with E-state index < -0.39 is 0 Å². The van der Waals surface area contributed by atoms with Crippen LogP contribution in [0.4, 0.5) is 0 Å². The number of ketones is 1. The summed E-state index contributed by atoms with van der Waals surface area (Å²) in [4.78, 5) is 13.3. The Morgan fingerprint density at radius 1 is 0.672 bits per heavy atom. The van der Waals surface area contributed by atoms with Crippen LogP contribution in [0.15, 0.2) is 205 Å². The molecule has 0 radical (unpaired) electrons. The predicted molar refractivity (Wildman–Crippen MR) is 240 cm³/mol. The maximum atomic E-state index is 13.3. The molecule has 0 spiro atoms. The number of aliphatic hydroxyl groups is 1. The van der Waals surface area contributed by atoms with Crippen molar-refractivity contribution >= 4 is 5.78 Å². The van der Waals surface area contributed by atoms with Crippen LogP contribution >= 0.6 is 0 Å². The summed E-state index contributed by atoms with van der Waals surface area (Å²) in [6.45, 7) is 21.9. The van der Waals surface area contributed by atoms with Gasteiger partial charge >= 0.3 is 0 Å². The Kier molecular flexibility index (Phi) is 19.7. The highest BCUT2D eigenvalue weighted by atomic mass is 16.5. The van der Waals surface area contributed by atoms with Crippen molar-refractivity contribution in [3.63, 3.8) is 0 Å². The minimum absolute atomic E-state index is 0.0967. The summed E-state index contributed by atoms with van der Waals surface area (Å²) in [5, 5.41) is 9.01. The molecule has 0 unspecified atom stereocenters. The van der Waals surface area contributed by atoms with E-state index in [1.54, 1.807) is 48.6 Å². The largest absolute Gasteiger partial charge is 0.516 e. The Morgan fingerprint density at radius 3 is 1.67 bits per heavy atom. The third kappa shape index (κ3) is 15.9. The molecule has 58 heavy (non-hydrogen) atoms. The highest BCUT2D eigenvalue weighted by molar-refractivity contribution is 6.09. The molecule has 6 nitrogen and oxygen atoms in total. The fourth-order valence-corrected chi connectivity index (χ4v) is 5.31. The smallest absolute Gasteiger partial charge is 0.193 e. The molecule has 6 heteroatoms. The van der Waals surface area contributed by atoms with Crippen LogP contribution in [0.3, 0.4) is 0 Å².